The van der Waals surface area contributed by atoms with E-state index < -0.39 is 5.82 Å². The summed E-state index contributed by atoms with van der Waals surface area (Å²) in [6.07, 6.45) is 0.322. The fourth-order valence-corrected chi connectivity index (χ4v) is 2.24. The summed E-state index contributed by atoms with van der Waals surface area (Å²) in [6, 6.07) is 3.06. The molecule has 1 unspecified atom stereocenters. The molecule has 0 saturated carbocycles. The fourth-order valence-electron chi connectivity index (χ4n) is 2.24. The minimum absolute atomic E-state index is 0.0713. The number of hydrogen-bond donors (Lipinski definition) is 1. The summed E-state index contributed by atoms with van der Waals surface area (Å²) in [5, 5.41) is 4.00. The molecular weight excluding hydrogens is 275 g/mol. The van der Waals surface area contributed by atoms with Crippen LogP contribution in [0, 0.1) is 18.7 Å². The summed E-state index contributed by atoms with van der Waals surface area (Å²) in [7, 11) is 0. The van der Waals surface area contributed by atoms with E-state index in [4.69, 9.17) is 4.74 Å². The molecule has 0 fully saturated rings. The number of halogens is 1. The van der Waals surface area contributed by atoms with Gasteiger partial charge in [0.15, 0.2) is 17.3 Å². The highest BCUT2D eigenvalue weighted by Crippen LogP contribution is 2.26. The maximum atomic E-state index is 14.1. The molecule has 1 N–H and O–H groups in total. The highest BCUT2D eigenvalue weighted by Gasteiger charge is 2.23. The molecule has 5 nitrogen and oxygen atoms in total. The first-order valence-electron chi connectivity index (χ1n) is 6.67. The summed E-state index contributed by atoms with van der Waals surface area (Å²) in [6.45, 7) is 4.78. The molecular formula is C15H17FN2O3. The van der Waals surface area contributed by atoms with Gasteiger partial charge in [-0.3, -0.25) is 9.59 Å². The first-order chi connectivity index (χ1) is 9.88. The van der Waals surface area contributed by atoms with Crippen molar-refractivity contribution in [1.29, 1.82) is 0 Å². The van der Waals surface area contributed by atoms with Crippen molar-refractivity contribution in [3.05, 3.63) is 29.1 Å². The Morgan fingerprint density at radius 3 is 2.81 bits per heavy atom. The zero-order valence-corrected chi connectivity index (χ0v) is 12.2. The second kappa shape index (κ2) is 6.03. The largest absolute Gasteiger partial charge is 0.482 e. The summed E-state index contributed by atoms with van der Waals surface area (Å²) < 4.78 is 19.3. The van der Waals surface area contributed by atoms with Crippen molar-refractivity contribution < 1.29 is 18.7 Å². The number of nitrogens with zero attached hydrogens (tertiary/aromatic N) is 1. The van der Waals surface area contributed by atoms with E-state index in [-0.39, 0.29) is 30.0 Å². The van der Waals surface area contributed by atoms with E-state index in [9.17, 15) is 14.0 Å². The highest BCUT2D eigenvalue weighted by molar-refractivity contribution is 6.05. The molecule has 2 rings (SSSR count). The number of carbonyl (C=O) groups is 2. The van der Waals surface area contributed by atoms with Gasteiger partial charge in [0.1, 0.15) is 6.61 Å². The predicted molar refractivity (Wildman–Crippen MR) is 75.8 cm³/mol. The van der Waals surface area contributed by atoms with Crippen molar-refractivity contribution >= 4 is 17.4 Å². The van der Waals surface area contributed by atoms with Crippen molar-refractivity contribution in [2.24, 2.45) is 11.0 Å². The van der Waals surface area contributed by atoms with E-state index in [2.05, 4.69) is 10.5 Å². The predicted octanol–water partition coefficient (Wildman–Crippen LogP) is 1.96. The zero-order chi connectivity index (χ0) is 15.6. The molecule has 21 heavy (non-hydrogen) atoms. The van der Waals surface area contributed by atoms with Gasteiger partial charge in [-0.05, 0) is 31.5 Å². The number of amides is 1. The maximum Gasteiger partial charge on any atom is 0.240 e. The monoisotopic (exact) mass is 292 g/mol. The lowest BCUT2D eigenvalue weighted by Crippen LogP contribution is -2.32. The van der Waals surface area contributed by atoms with E-state index in [1.165, 1.54) is 13.0 Å². The van der Waals surface area contributed by atoms with Gasteiger partial charge in [0.05, 0.1) is 5.71 Å². The smallest absolute Gasteiger partial charge is 0.240 e. The van der Waals surface area contributed by atoms with E-state index in [1.54, 1.807) is 13.0 Å². The SMILES string of the molecule is CC(=O)COc1c(C)cc(C2=NNC(=O)CC2C)cc1F. The Hall–Kier alpha value is -2.24. The van der Waals surface area contributed by atoms with Gasteiger partial charge in [-0.1, -0.05) is 6.92 Å². The molecule has 1 heterocycles. The number of Topliss-reactive ketones (excluding diaryl/α,β-unsaturated/α-hetero) is 1. The second-order valence-corrected chi connectivity index (χ2v) is 5.23. The number of hydrazone groups is 1. The molecule has 0 bridgehead atoms. The summed E-state index contributed by atoms with van der Waals surface area (Å²) in [5.74, 6) is -0.877. The molecule has 1 aromatic carbocycles. The normalized spacial score (nSPS) is 18.0. The molecule has 112 valence electrons. The molecule has 1 aliphatic rings. The van der Waals surface area contributed by atoms with Crippen molar-refractivity contribution in [3.8, 4) is 5.75 Å². The van der Waals surface area contributed by atoms with E-state index >= 15 is 0 Å². The zero-order valence-electron chi connectivity index (χ0n) is 12.2. The molecule has 1 aliphatic heterocycles. The molecule has 0 aliphatic carbocycles. The van der Waals surface area contributed by atoms with Gasteiger partial charge in [0, 0.05) is 17.9 Å². The topological polar surface area (TPSA) is 67.8 Å². The van der Waals surface area contributed by atoms with Crippen LogP contribution in [0.5, 0.6) is 5.75 Å². The molecule has 6 heteroatoms. The molecule has 0 aromatic heterocycles. The Morgan fingerprint density at radius 2 is 2.24 bits per heavy atom. The van der Waals surface area contributed by atoms with Crippen LogP contribution in [-0.2, 0) is 9.59 Å². The second-order valence-electron chi connectivity index (χ2n) is 5.23. The molecule has 0 radical (unpaired) electrons. The van der Waals surface area contributed by atoms with Gasteiger partial charge in [0.2, 0.25) is 5.91 Å². The lowest BCUT2D eigenvalue weighted by molar-refractivity contribution is -0.122. The average molecular weight is 292 g/mol. The van der Waals surface area contributed by atoms with E-state index in [0.717, 1.165) is 0 Å². The first kappa shape index (κ1) is 15.2. The number of hydrogen-bond acceptors (Lipinski definition) is 4. The van der Waals surface area contributed by atoms with E-state index in [1.807, 2.05) is 6.92 Å². The van der Waals surface area contributed by atoms with Gasteiger partial charge < -0.3 is 4.74 Å². The lowest BCUT2D eigenvalue weighted by Gasteiger charge is -2.20. The number of ether oxygens (including phenoxy) is 1. The number of nitrogens with one attached hydrogen (secondary N) is 1. The van der Waals surface area contributed by atoms with Crippen molar-refractivity contribution in [3.63, 3.8) is 0 Å². The van der Waals surface area contributed by atoms with Gasteiger partial charge in [-0.2, -0.15) is 5.10 Å². The molecule has 1 aromatic rings. The van der Waals surface area contributed by atoms with Crippen molar-refractivity contribution in [2.75, 3.05) is 6.61 Å². The minimum Gasteiger partial charge on any atom is -0.482 e. The third-order valence-corrected chi connectivity index (χ3v) is 3.20. The van der Waals surface area contributed by atoms with Gasteiger partial charge in [-0.25, -0.2) is 9.82 Å². The van der Waals surface area contributed by atoms with Crippen LogP contribution in [0.15, 0.2) is 17.2 Å². The van der Waals surface area contributed by atoms with Gasteiger partial charge in [0.25, 0.3) is 0 Å². The van der Waals surface area contributed by atoms with Crippen LogP contribution in [0.2, 0.25) is 0 Å². The summed E-state index contributed by atoms with van der Waals surface area (Å²) in [4.78, 5) is 22.2. The van der Waals surface area contributed by atoms with Crippen LogP contribution in [0.4, 0.5) is 4.39 Å². The molecule has 0 spiro atoms. The third kappa shape index (κ3) is 3.45. The Labute approximate surface area is 122 Å². The van der Waals surface area contributed by atoms with Crippen LogP contribution < -0.4 is 10.2 Å². The Kier molecular flexibility index (Phi) is 4.35. The third-order valence-electron chi connectivity index (χ3n) is 3.20. The van der Waals surface area contributed by atoms with Crippen molar-refractivity contribution in [1.82, 2.24) is 5.43 Å². The summed E-state index contributed by atoms with van der Waals surface area (Å²) in [5.41, 5.74) is 4.23. The van der Waals surface area contributed by atoms with Crippen LogP contribution in [0.1, 0.15) is 31.4 Å². The van der Waals surface area contributed by atoms with Crippen LogP contribution in [0.3, 0.4) is 0 Å². The van der Waals surface area contributed by atoms with Gasteiger partial charge in [-0.15, -0.1) is 0 Å². The molecule has 1 atom stereocenters. The Morgan fingerprint density at radius 1 is 1.52 bits per heavy atom. The minimum atomic E-state index is -0.543. The van der Waals surface area contributed by atoms with E-state index in [0.29, 0.717) is 23.3 Å². The van der Waals surface area contributed by atoms with Gasteiger partial charge >= 0.3 is 0 Å². The first-order valence-corrected chi connectivity index (χ1v) is 6.67. The quantitative estimate of drug-likeness (QED) is 0.922. The van der Waals surface area contributed by atoms with Crippen LogP contribution in [-0.4, -0.2) is 24.0 Å². The summed E-state index contributed by atoms with van der Waals surface area (Å²) >= 11 is 0. The number of aryl methyl sites for hydroxylation is 1. The fraction of sp³-hybridized carbons (Fsp3) is 0.400. The molecule has 0 saturated heterocycles. The maximum absolute atomic E-state index is 14.1. The standard InChI is InChI=1S/C15H17FN2O3/c1-8-5-13(20)17-18-14(8)11-4-9(2)15(12(16)6-11)21-7-10(3)19/h4,6,8H,5,7H2,1-3H3,(H,17,20). The Bertz CT molecular complexity index is 602. The number of rotatable bonds is 4. The van der Waals surface area contributed by atoms with Crippen LogP contribution >= 0.6 is 0 Å². The number of carbonyl (C=O) groups excluding carboxylic acids is 2. The molecule has 1 amide bonds. The lowest BCUT2D eigenvalue weighted by atomic mass is 9.93. The Balaban J connectivity index is 2.31. The van der Waals surface area contributed by atoms with Crippen LogP contribution in [0.25, 0.3) is 0 Å². The highest BCUT2D eigenvalue weighted by atomic mass is 19.1. The average Bonchev–Trinajstić information content (AvgIpc) is 2.37. The number of ketones is 1. The number of benzene rings is 1. The van der Waals surface area contributed by atoms with Crippen molar-refractivity contribution in [2.45, 2.75) is 27.2 Å².